The lowest BCUT2D eigenvalue weighted by Crippen LogP contribution is -2.37. The van der Waals surface area contributed by atoms with Crippen LogP contribution in [0.3, 0.4) is 0 Å². The van der Waals surface area contributed by atoms with Gasteiger partial charge >= 0.3 is 6.18 Å². The van der Waals surface area contributed by atoms with Crippen LogP contribution in [0.15, 0.2) is 12.3 Å². The van der Waals surface area contributed by atoms with Gasteiger partial charge in [-0.1, -0.05) is 0 Å². The van der Waals surface area contributed by atoms with Crippen LogP contribution in [0.2, 0.25) is 0 Å². The van der Waals surface area contributed by atoms with E-state index in [0.717, 1.165) is 12.3 Å². The number of nitrogens with zero attached hydrogens (tertiary/aromatic N) is 3. The molecular weight excluding hydrogens is 281 g/mol. The van der Waals surface area contributed by atoms with Crippen molar-refractivity contribution in [1.82, 2.24) is 9.97 Å². The van der Waals surface area contributed by atoms with Crippen LogP contribution in [0.25, 0.3) is 0 Å². The molecule has 8 heteroatoms. The van der Waals surface area contributed by atoms with Crippen molar-refractivity contribution < 1.29 is 22.0 Å². The Morgan fingerprint density at radius 3 is 2.25 bits per heavy atom. The molecule has 1 saturated heterocycles. The van der Waals surface area contributed by atoms with E-state index in [9.17, 15) is 22.0 Å². The van der Waals surface area contributed by atoms with E-state index in [1.54, 1.807) is 0 Å². The van der Waals surface area contributed by atoms with Crippen molar-refractivity contribution in [2.24, 2.45) is 5.41 Å². The molecule has 1 spiro atoms. The predicted octanol–water partition coefficient (Wildman–Crippen LogP) is 3.12. The molecule has 2 heterocycles. The van der Waals surface area contributed by atoms with Crippen LogP contribution in [0.4, 0.5) is 27.9 Å². The molecule has 0 bridgehead atoms. The van der Waals surface area contributed by atoms with E-state index in [1.807, 2.05) is 0 Å². The maximum Gasteiger partial charge on any atom is 0.433 e. The molecule has 2 fully saturated rings. The Hall–Kier alpha value is -1.47. The average Bonchev–Trinajstić information content (AvgIpc) is 2.90. The molecule has 0 amide bonds. The van der Waals surface area contributed by atoms with Gasteiger partial charge in [0.05, 0.1) is 0 Å². The van der Waals surface area contributed by atoms with Crippen LogP contribution in [-0.4, -0.2) is 29.0 Å². The van der Waals surface area contributed by atoms with Gasteiger partial charge in [-0.2, -0.15) is 13.2 Å². The lowest BCUT2D eigenvalue weighted by molar-refractivity contribution is -0.141. The second-order valence-corrected chi connectivity index (χ2v) is 5.39. The van der Waals surface area contributed by atoms with Crippen LogP contribution in [0, 0.1) is 5.41 Å². The van der Waals surface area contributed by atoms with E-state index in [2.05, 4.69) is 9.97 Å². The molecular formula is C12H12F5N3. The van der Waals surface area contributed by atoms with Gasteiger partial charge in [0, 0.05) is 31.1 Å². The second kappa shape index (κ2) is 4.02. The number of halogens is 5. The molecule has 0 atom stereocenters. The summed E-state index contributed by atoms with van der Waals surface area (Å²) in [5.41, 5.74) is -1.95. The Morgan fingerprint density at radius 2 is 1.75 bits per heavy atom. The highest BCUT2D eigenvalue weighted by atomic mass is 19.4. The zero-order valence-electron chi connectivity index (χ0n) is 10.4. The summed E-state index contributed by atoms with van der Waals surface area (Å²) in [6, 6.07) is 0.796. The summed E-state index contributed by atoms with van der Waals surface area (Å²) >= 11 is 0. The maximum atomic E-state index is 13.2. The fraction of sp³-hybridized carbons (Fsp3) is 0.667. The molecule has 1 aromatic heterocycles. The Kier molecular flexibility index (Phi) is 2.71. The highest BCUT2D eigenvalue weighted by Gasteiger charge is 2.70. The van der Waals surface area contributed by atoms with E-state index >= 15 is 0 Å². The molecule has 20 heavy (non-hydrogen) atoms. The largest absolute Gasteiger partial charge is 0.433 e. The summed E-state index contributed by atoms with van der Waals surface area (Å²) in [7, 11) is 0. The predicted molar refractivity (Wildman–Crippen MR) is 60.5 cm³/mol. The molecule has 1 aliphatic carbocycles. The van der Waals surface area contributed by atoms with Crippen molar-refractivity contribution in [3.63, 3.8) is 0 Å². The molecule has 0 unspecified atom stereocenters. The minimum Gasteiger partial charge on any atom is -0.341 e. The topological polar surface area (TPSA) is 29.0 Å². The maximum absolute atomic E-state index is 13.2. The van der Waals surface area contributed by atoms with Gasteiger partial charge in [0.2, 0.25) is 5.95 Å². The Morgan fingerprint density at radius 1 is 1.15 bits per heavy atom. The number of anilines is 1. The first-order valence-electron chi connectivity index (χ1n) is 6.27. The zero-order valence-corrected chi connectivity index (χ0v) is 10.4. The molecule has 3 rings (SSSR count). The molecule has 1 saturated carbocycles. The Bertz CT molecular complexity index is 520. The van der Waals surface area contributed by atoms with Crippen molar-refractivity contribution in [3.8, 4) is 0 Å². The van der Waals surface area contributed by atoms with Crippen LogP contribution in [0.5, 0.6) is 0 Å². The van der Waals surface area contributed by atoms with E-state index in [0.29, 0.717) is 0 Å². The lowest BCUT2D eigenvalue weighted by Gasteiger charge is -2.32. The van der Waals surface area contributed by atoms with Crippen LogP contribution in [0.1, 0.15) is 25.0 Å². The minimum atomic E-state index is -4.53. The summed E-state index contributed by atoms with van der Waals surface area (Å²) in [6.45, 7) is 0.522. The molecule has 1 aromatic rings. The van der Waals surface area contributed by atoms with Crippen molar-refractivity contribution in [3.05, 3.63) is 18.0 Å². The van der Waals surface area contributed by atoms with Gasteiger partial charge in [-0.15, -0.1) is 0 Å². The molecule has 0 radical (unpaired) electrons. The fourth-order valence-corrected chi connectivity index (χ4v) is 2.72. The number of hydrogen-bond donors (Lipinski definition) is 0. The van der Waals surface area contributed by atoms with E-state index in [1.165, 1.54) is 4.90 Å². The van der Waals surface area contributed by atoms with Gasteiger partial charge in [-0.25, -0.2) is 18.7 Å². The Balaban J connectivity index is 1.73. The number of alkyl halides is 5. The SMILES string of the molecule is FC(F)(F)c1ccnc(N2CCC3(CC2)CC3(F)F)n1. The number of hydrogen-bond acceptors (Lipinski definition) is 3. The summed E-state index contributed by atoms with van der Waals surface area (Å²) in [5.74, 6) is -2.66. The standard InChI is InChI=1S/C12H12F5N3/c13-11(14)7-10(11)2-5-20(6-3-10)9-18-4-1-8(19-9)12(15,16)17/h1,4H,2-3,5-7H2. The highest BCUT2D eigenvalue weighted by Crippen LogP contribution is 2.65. The van der Waals surface area contributed by atoms with Crippen molar-refractivity contribution in [1.29, 1.82) is 0 Å². The third-order valence-electron chi connectivity index (χ3n) is 4.15. The van der Waals surface area contributed by atoms with Gasteiger partial charge in [0.15, 0.2) is 0 Å². The Labute approximate surface area is 111 Å². The third-order valence-corrected chi connectivity index (χ3v) is 4.15. The van der Waals surface area contributed by atoms with Crippen molar-refractivity contribution in [2.75, 3.05) is 18.0 Å². The molecule has 0 aromatic carbocycles. The van der Waals surface area contributed by atoms with E-state index < -0.39 is 23.2 Å². The number of aromatic nitrogens is 2. The molecule has 0 N–H and O–H groups in total. The molecule has 2 aliphatic rings. The van der Waals surface area contributed by atoms with E-state index in [-0.39, 0.29) is 38.3 Å². The fourth-order valence-electron chi connectivity index (χ4n) is 2.72. The third kappa shape index (κ3) is 2.10. The van der Waals surface area contributed by atoms with Crippen molar-refractivity contribution >= 4 is 5.95 Å². The lowest BCUT2D eigenvalue weighted by atomic mass is 9.93. The van der Waals surface area contributed by atoms with E-state index in [4.69, 9.17) is 0 Å². The normalized spacial score (nSPS) is 23.9. The first kappa shape index (κ1) is 13.5. The number of rotatable bonds is 1. The summed E-state index contributed by atoms with van der Waals surface area (Å²) in [4.78, 5) is 8.82. The van der Waals surface area contributed by atoms with Gasteiger partial charge in [0.1, 0.15) is 5.69 Å². The van der Waals surface area contributed by atoms with Gasteiger partial charge < -0.3 is 4.90 Å². The average molecular weight is 293 g/mol. The second-order valence-electron chi connectivity index (χ2n) is 5.39. The molecule has 110 valence electrons. The van der Waals surface area contributed by atoms with Gasteiger partial charge in [-0.05, 0) is 18.9 Å². The van der Waals surface area contributed by atoms with Crippen LogP contribution in [-0.2, 0) is 6.18 Å². The summed E-state index contributed by atoms with van der Waals surface area (Å²) < 4.78 is 64.1. The van der Waals surface area contributed by atoms with Gasteiger partial charge in [0.25, 0.3) is 5.92 Å². The van der Waals surface area contributed by atoms with Crippen LogP contribution >= 0.6 is 0 Å². The van der Waals surface area contributed by atoms with Gasteiger partial charge in [-0.3, -0.25) is 0 Å². The molecule has 3 nitrogen and oxygen atoms in total. The minimum absolute atomic E-state index is 0.0429. The van der Waals surface area contributed by atoms with Crippen molar-refractivity contribution in [2.45, 2.75) is 31.4 Å². The van der Waals surface area contributed by atoms with Crippen LogP contribution < -0.4 is 4.90 Å². The quantitative estimate of drug-likeness (QED) is 0.745. The summed E-state index contributed by atoms with van der Waals surface area (Å²) in [5, 5.41) is 0. The summed E-state index contributed by atoms with van der Waals surface area (Å²) in [6.07, 6.45) is -3.07. The number of piperidine rings is 1. The monoisotopic (exact) mass is 293 g/mol. The smallest absolute Gasteiger partial charge is 0.341 e. The first-order valence-corrected chi connectivity index (χ1v) is 6.27. The molecule has 1 aliphatic heterocycles. The zero-order chi connectivity index (χ0) is 14.6. The highest BCUT2D eigenvalue weighted by molar-refractivity contribution is 5.33. The first-order chi connectivity index (χ1) is 9.24.